The molecule has 3 N–H and O–H groups in total. The van der Waals surface area contributed by atoms with Crippen LogP contribution in [0.25, 0.3) is 0 Å². The smallest absolute Gasteiger partial charge is 0.329 e. The number of hydrogen-bond donors (Lipinski definition) is 3. The molecule has 1 aliphatic carbocycles. The van der Waals surface area contributed by atoms with E-state index in [4.69, 9.17) is 5.11 Å². The summed E-state index contributed by atoms with van der Waals surface area (Å²) in [4.78, 5) is 22.1. The van der Waals surface area contributed by atoms with Crippen molar-refractivity contribution < 1.29 is 19.2 Å². The van der Waals surface area contributed by atoms with Crippen LogP contribution in [0.2, 0.25) is 0 Å². The Hall–Kier alpha value is -2.05. The van der Waals surface area contributed by atoms with Crippen LogP contribution in [0.15, 0.2) is 16.9 Å². The molecule has 2 amide bonds. The highest BCUT2D eigenvalue weighted by Gasteiger charge is 2.51. The molecule has 0 spiro atoms. The summed E-state index contributed by atoms with van der Waals surface area (Å²) in [5, 5.41) is 17.4. The molecule has 1 fully saturated rings. The fourth-order valence-corrected chi connectivity index (χ4v) is 1.28. The number of urea groups is 1. The van der Waals surface area contributed by atoms with Crippen LogP contribution in [0.1, 0.15) is 18.5 Å². The van der Waals surface area contributed by atoms with Crippen molar-refractivity contribution in [2.75, 3.05) is 0 Å². The van der Waals surface area contributed by atoms with Crippen LogP contribution in [0, 0.1) is 0 Å². The van der Waals surface area contributed by atoms with E-state index in [1.165, 1.54) is 6.26 Å². The Morgan fingerprint density at radius 3 is 2.81 bits per heavy atom. The minimum Gasteiger partial charge on any atom is -0.480 e. The molecular formula is C9H11N3O4. The summed E-state index contributed by atoms with van der Waals surface area (Å²) in [7, 11) is 0. The van der Waals surface area contributed by atoms with Crippen molar-refractivity contribution in [3.8, 4) is 0 Å². The van der Waals surface area contributed by atoms with Crippen molar-refractivity contribution >= 4 is 12.0 Å². The van der Waals surface area contributed by atoms with Crippen molar-refractivity contribution in [3.05, 3.63) is 18.0 Å². The van der Waals surface area contributed by atoms with Gasteiger partial charge < -0.3 is 20.3 Å². The predicted molar refractivity (Wildman–Crippen MR) is 51.5 cm³/mol. The van der Waals surface area contributed by atoms with Crippen molar-refractivity contribution in [1.29, 1.82) is 0 Å². The third-order valence-electron chi connectivity index (χ3n) is 2.43. The third kappa shape index (κ3) is 2.13. The lowest BCUT2D eigenvalue weighted by Gasteiger charge is -2.12. The van der Waals surface area contributed by atoms with Gasteiger partial charge in [-0.2, -0.15) is 0 Å². The number of aromatic nitrogens is 1. The van der Waals surface area contributed by atoms with Gasteiger partial charge in [-0.05, 0) is 12.8 Å². The van der Waals surface area contributed by atoms with Crippen LogP contribution in [0.4, 0.5) is 4.79 Å². The number of nitrogens with zero attached hydrogens (tertiary/aromatic N) is 1. The van der Waals surface area contributed by atoms with E-state index < -0.39 is 17.5 Å². The van der Waals surface area contributed by atoms with Crippen LogP contribution >= 0.6 is 0 Å². The maximum atomic E-state index is 11.4. The first-order valence-electron chi connectivity index (χ1n) is 4.81. The second kappa shape index (κ2) is 3.84. The van der Waals surface area contributed by atoms with Gasteiger partial charge in [0.05, 0.1) is 6.54 Å². The number of carbonyl (C=O) groups excluding carboxylic acids is 1. The van der Waals surface area contributed by atoms with Gasteiger partial charge in [0.25, 0.3) is 0 Å². The average molecular weight is 225 g/mol. The lowest BCUT2D eigenvalue weighted by atomic mass is 10.3. The van der Waals surface area contributed by atoms with E-state index in [1.807, 2.05) is 0 Å². The number of carbonyl (C=O) groups is 2. The summed E-state index contributed by atoms with van der Waals surface area (Å²) in [5.74, 6) is -0.996. The first-order valence-corrected chi connectivity index (χ1v) is 4.81. The third-order valence-corrected chi connectivity index (χ3v) is 2.43. The fourth-order valence-electron chi connectivity index (χ4n) is 1.28. The molecule has 0 unspecified atom stereocenters. The largest absolute Gasteiger partial charge is 0.480 e. The van der Waals surface area contributed by atoms with Crippen LogP contribution < -0.4 is 10.6 Å². The van der Waals surface area contributed by atoms with Gasteiger partial charge in [-0.1, -0.05) is 5.16 Å². The summed E-state index contributed by atoms with van der Waals surface area (Å²) in [6, 6.07) is 1.10. The lowest BCUT2D eigenvalue weighted by Crippen LogP contribution is -2.47. The molecule has 1 heterocycles. The molecule has 1 saturated carbocycles. The Labute approximate surface area is 90.8 Å². The molecule has 0 bridgehead atoms. The molecule has 0 saturated heterocycles. The van der Waals surface area contributed by atoms with Crippen LogP contribution in [-0.2, 0) is 11.3 Å². The molecule has 0 radical (unpaired) electrons. The zero-order valence-electron chi connectivity index (χ0n) is 8.40. The maximum absolute atomic E-state index is 11.4. The van der Waals surface area contributed by atoms with E-state index in [2.05, 4.69) is 20.3 Å². The van der Waals surface area contributed by atoms with Gasteiger partial charge in [-0.25, -0.2) is 9.59 Å². The highest BCUT2D eigenvalue weighted by Crippen LogP contribution is 2.35. The molecule has 2 rings (SSSR count). The first kappa shape index (κ1) is 10.5. The molecule has 0 aromatic carbocycles. The summed E-state index contributed by atoms with van der Waals surface area (Å²) in [6.45, 7) is 0.206. The second-order valence-electron chi connectivity index (χ2n) is 3.69. The summed E-state index contributed by atoms with van der Waals surface area (Å²) in [5.41, 5.74) is -0.483. The maximum Gasteiger partial charge on any atom is 0.329 e. The Balaban J connectivity index is 1.79. The van der Waals surface area contributed by atoms with E-state index in [0.29, 0.717) is 18.5 Å². The normalized spacial score (nSPS) is 16.5. The topological polar surface area (TPSA) is 104 Å². The standard InChI is InChI=1S/C9H11N3O4/c13-7(14)9(2-3-9)11-8(15)10-5-6-1-4-16-12-6/h1,4H,2-3,5H2,(H,13,14)(H2,10,11,15). The Morgan fingerprint density at radius 2 is 2.31 bits per heavy atom. The monoisotopic (exact) mass is 225 g/mol. The van der Waals surface area contributed by atoms with Crippen molar-refractivity contribution in [2.45, 2.75) is 24.9 Å². The minimum absolute atomic E-state index is 0.206. The van der Waals surface area contributed by atoms with Crippen LogP contribution in [0.3, 0.4) is 0 Å². The number of rotatable bonds is 4. The average Bonchev–Trinajstić information content (AvgIpc) is 2.84. The lowest BCUT2D eigenvalue weighted by molar-refractivity contribution is -0.140. The molecule has 1 aliphatic rings. The Bertz CT molecular complexity index is 397. The van der Waals surface area contributed by atoms with Crippen molar-refractivity contribution in [2.24, 2.45) is 0 Å². The number of carboxylic acids is 1. The highest BCUT2D eigenvalue weighted by molar-refractivity contribution is 5.88. The number of aliphatic carboxylic acids is 1. The molecule has 7 nitrogen and oxygen atoms in total. The fraction of sp³-hybridized carbons (Fsp3) is 0.444. The Morgan fingerprint density at radius 1 is 1.56 bits per heavy atom. The predicted octanol–water partition coefficient (Wildman–Crippen LogP) is 0.0910. The quantitative estimate of drug-likeness (QED) is 0.673. The SMILES string of the molecule is O=C(NCc1ccon1)NC1(C(=O)O)CC1. The molecule has 0 aliphatic heterocycles. The van der Waals surface area contributed by atoms with Gasteiger partial charge in [0.2, 0.25) is 0 Å². The van der Waals surface area contributed by atoms with Crippen molar-refractivity contribution in [1.82, 2.24) is 15.8 Å². The van der Waals surface area contributed by atoms with Gasteiger partial charge in [-0.3, -0.25) is 0 Å². The number of carboxylic acid groups (broad SMARTS) is 1. The second-order valence-corrected chi connectivity index (χ2v) is 3.69. The number of hydrogen-bond acceptors (Lipinski definition) is 4. The van der Waals surface area contributed by atoms with Crippen LogP contribution in [-0.4, -0.2) is 27.8 Å². The first-order chi connectivity index (χ1) is 7.62. The van der Waals surface area contributed by atoms with Gasteiger partial charge in [0.1, 0.15) is 17.5 Å². The van der Waals surface area contributed by atoms with Gasteiger partial charge in [0, 0.05) is 6.07 Å². The molecular weight excluding hydrogens is 214 g/mol. The van der Waals surface area contributed by atoms with Gasteiger partial charge >= 0.3 is 12.0 Å². The minimum atomic E-state index is -1.06. The molecule has 16 heavy (non-hydrogen) atoms. The van der Waals surface area contributed by atoms with E-state index >= 15 is 0 Å². The molecule has 0 atom stereocenters. The summed E-state index contributed by atoms with van der Waals surface area (Å²) in [6.07, 6.45) is 2.34. The van der Waals surface area contributed by atoms with E-state index in [1.54, 1.807) is 6.07 Å². The molecule has 1 aromatic heterocycles. The summed E-state index contributed by atoms with van der Waals surface area (Å²) < 4.78 is 4.58. The molecule has 7 heteroatoms. The van der Waals surface area contributed by atoms with Gasteiger partial charge in [0.15, 0.2) is 0 Å². The number of amides is 2. The number of nitrogens with one attached hydrogen (secondary N) is 2. The van der Waals surface area contributed by atoms with Gasteiger partial charge in [-0.15, -0.1) is 0 Å². The summed E-state index contributed by atoms with van der Waals surface area (Å²) >= 11 is 0. The van der Waals surface area contributed by atoms with E-state index in [0.717, 1.165) is 0 Å². The molecule has 86 valence electrons. The van der Waals surface area contributed by atoms with Crippen LogP contribution in [0.5, 0.6) is 0 Å². The molecule has 1 aromatic rings. The highest BCUT2D eigenvalue weighted by atomic mass is 16.5. The zero-order valence-corrected chi connectivity index (χ0v) is 8.40. The zero-order chi connectivity index (χ0) is 11.6. The van der Waals surface area contributed by atoms with Crippen molar-refractivity contribution in [3.63, 3.8) is 0 Å². The van der Waals surface area contributed by atoms with E-state index in [-0.39, 0.29) is 6.54 Å². The van der Waals surface area contributed by atoms with E-state index in [9.17, 15) is 9.59 Å². The Kier molecular flexibility index (Phi) is 2.51.